The molecule has 114 valence electrons. The zero-order valence-electron chi connectivity index (χ0n) is 11.4. The first kappa shape index (κ1) is 17.0. The van der Waals surface area contributed by atoms with E-state index in [1.54, 1.807) is 0 Å². The van der Waals surface area contributed by atoms with E-state index < -0.39 is 24.1 Å². The van der Waals surface area contributed by atoms with Crippen molar-refractivity contribution < 1.29 is 27.1 Å². The average Bonchev–Trinajstić information content (AvgIpc) is 2.46. The average molecular weight is 327 g/mol. The zero-order chi connectivity index (χ0) is 13.9. The molecular weight excluding hydrogens is 303 g/mol. The van der Waals surface area contributed by atoms with Gasteiger partial charge in [-0.25, -0.2) is 0 Å². The van der Waals surface area contributed by atoms with Crippen molar-refractivity contribution in [1.29, 1.82) is 0 Å². The first-order valence-electron chi connectivity index (χ1n) is 5.17. The molecule has 3 N–H and O–H groups in total. The topological polar surface area (TPSA) is 91.5 Å². The van der Waals surface area contributed by atoms with Crippen LogP contribution in [0.1, 0.15) is 0 Å². The Balaban J connectivity index is 3.13. The molecule has 1 saturated heterocycles. The van der Waals surface area contributed by atoms with Gasteiger partial charge in [-0.05, 0) is 0 Å². The summed E-state index contributed by atoms with van der Waals surface area (Å²) in [6.07, 6.45) is 0. The summed E-state index contributed by atoms with van der Waals surface area (Å²) in [5, 5.41) is 0. The second-order valence-electron chi connectivity index (χ2n) is 3.45. The molecule has 0 radical (unpaired) electrons. The SMILES string of the molecule is CO[PH]1(OC)N[PH](OC)(OC)N[PH](OC)(OC)N1. The van der Waals surface area contributed by atoms with E-state index in [1.807, 2.05) is 0 Å². The standard InChI is InChI=1S/C6H24N3O6P3/c1-10-16(11-2)7-17(12-3,13-4)9-18(8-16,14-5)15-6/h7-9,16-18H,1-6H3. The molecule has 18 heavy (non-hydrogen) atoms. The van der Waals surface area contributed by atoms with Gasteiger partial charge in [0, 0.05) is 0 Å². The van der Waals surface area contributed by atoms with E-state index in [0.717, 1.165) is 0 Å². The third-order valence-electron chi connectivity index (χ3n) is 2.71. The Morgan fingerprint density at radius 1 is 0.444 bits per heavy atom. The number of hydrogen-bond donors (Lipinski definition) is 3. The van der Waals surface area contributed by atoms with Gasteiger partial charge in [-0.15, -0.1) is 0 Å². The van der Waals surface area contributed by atoms with Gasteiger partial charge in [0.2, 0.25) is 0 Å². The summed E-state index contributed by atoms with van der Waals surface area (Å²) in [6.45, 7) is 0. The van der Waals surface area contributed by atoms with Crippen molar-refractivity contribution in [3.63, 3.8) is 0 Å². The first-order valence-corrected chi connectivity index (χ1v) is 10.6. The van der Waals surface area contributed by atoms with Crippen LogP contribution in [-0.2, 0) is 27.1 Å². The molecule has 0 bridgehead atoms. The third kappa shape index (κ3) is 3.15. The van der Waals surface area contributed by atoms with E-state index >= 15 is 0 Å². The van der Waals surface area contributed by atoms with Gasteiger partial charge in [0.05, 0.1) is 0 Å². The molecule has 0 amide bonds. The van der Waals surface area contributed by atoms with Crippen LogP contribution >= 0.6 is 24.1 Å². The van der Waals surface area contributed by atoms with Gasteiger partial charge >= 0.3 is 108 Å². The van der Waals surface area contributed by atoms with Gasteiger partial charge in [0.15, 0.2) is 0 Å². The normalized spacial score (nSPS) is 30.3. The van der Waals surface area contributed by atoms with Crippen molar-refractivity contribution in [3.8, 4) is 0 Å². The summed E-state index contributed by atoms with van der Waals surface area (Å²) >= 11 is 0. The van der Waals surface area contributed by atoms with Crippen LogP contribution in [0.3, 0.4) is 0 Å². The van der Waals surface area contributed by atoms with Crippen molar-refractivity contribution >= 4 is 24.1 Å². The molecule has 1 fully saturated rings. The molecule has 0 atom stereocenters. The van der Waals surface area contributed by atoms with Crippen molar-refractivity contribution in [3.05, 3.63) is 0 Å². The van der Waals surface area contributed by atoms with Gasteiger partial charge in [-0.1, -0.05) is 0 Å². The Kier molecular flexibility index (Phi) is 6.22. The van der Waals surface area contributed by atoms with Gasteiger partial charge in [-0.2, -0.15) is 0 Å². The summed E-state index contributed by atoms with van der Waals surface area (Å²) in [5.74, 6) is 0. The quantitative estimate of drug-likeness (QED) is 0.615. The third-order valence-corrected chi connectivity index (χ3v) is 14.1. The first-order chi connectivity index (χ1) is 8.49. The Bertz CT molecular complexity index is 218. The second kappa shape index (κ2) is 6.59. The van der Waals surface area contributed by atoms with E-state index in [1.165, 1.54) is 42.7 Å². The van der Waals surface area contributed by atoms with Crippen molar-refractivity contribution in [2.75, 3.05) is 42.7 Å². The number of hydrogen-bond acceptors (Lipinski definition) is 9. The fourth-order valence-corrected chi connectivity index (χ4v) is 14.6. The minimum absolute atomic E-state index is 1.54. The molecule has 0 aromatic rings. The fraction of sp³-hybridized carbons (Fsp3) is 1.00. The van der Waals surface area contributed by atoms with Crippen molar-refractivity contribution in [2.45, 2.75) is 0 Å². The predicted octanol–water partition coefficient (Wildman–Crippen LogP) is 0.877. The maximum absolute atomic E-state index is 5.45. The zero-order valence-corrected chi connectivity index (χ0v) is 14.4. The molecule has 0 aromatic heterocycles. The molecule has 0 saturated carbocycles. The van der Waals surface area contributed by atoms with Gasteiger partial charge in [-0.3, -0.25) is 0 Å². The Morgan fingerprint density at radius 3 is 0.722 bits per heavy atom. The minimum atomic E-state index is -2.92. The van der Waals surface area contributed by atoms with Gasteiger partial charge < -0.3 is 0 Å². The number of rotatable bonds is 6. The van der Waals surface area contributed by atoms with Crippen LogP contribution in [-0.4, -0.2) is 42.7 Å². The summed E-state index contributed by atoms with van der Waals surface area (Å²) in [7, 11) is 0.453. The Morgan fingerprint density at radius 2 is 0.611 bits per heavy atom. The maximum atomic E-state index is 5.45. The van der Waals surface area contributed by atoms with E-state index in [0.29, 0.717) is 0 Å². The predicted molar refractivity (Wildman–Crippen MR) is 76.4 cm³/mol. The van der Waals surface area contributed by atoms with Crippen LogP contribution in [0.25, 0.3) is 0 Å². The van der Waals surface area contributed by atoms with Crippen LogP contribution in [0.15, 0.2) is 0 Å². The van der Waals surface area contributed by atoms with Crippen molar-refractivity contribution in [2.24, 2.45) is 0 Å². The molecule has 0 aliphatic carbocycles. The molecule has 0 spiro atoms. The van der Waals surface area contributed by atoms with E-state index in [9.17, 15) is 0 Å². The molecule has 12 heteroatoms. The fourth-order valence-electron chi connectivity index (χ4n) is 1.61. The monoisotopic (exact) mass is 327 g/mol. The number of nitrogens with one attached hydrogen (secondary N) is 3. The van der Waals surface area contributed by atoms with Crippen LogP contribution in [0.5, 0.6) is 0 Å². The molecule has 1 heterocycles. The van der Waals surface area contributed by atoms with Crippen LogP contribution < -0.4 is 14.6 Å². The molecule has 0 aromatic carbocycles. The molecule has 1 aliphatic heterocycles. The summed E-state index contributed by atoms with van der Waals surface area (Å²) in [4.78, 5) is 9.43. The van der Waals surface area contributed by atoms with E-state index in [2.05, 4.69) is 14.6 Å². The van der Waals surface area contributed by atoms with Gasteiger partial charge in [0.1, 0.15) is 0 Å². The second-order valence-corrected chi connectivity index (χ2v) is 12.6. The van der Waals surface area contributed by atoms with E-state index in [4.69, 9.17) is 27.1 Å². The molecular formula is C6H24N3O6P3. The van der Waals surface area contributed by atoms with Crippen LogP contribution in [0.4, 0.5) is 0 Å². The van der Waals surface area contributed by atoms with Crippen LogP contribution in [0.2, 0.25) is 0 Å². The molecule has 9 nitrogen and oxygen atoms in total. The Labute approximate surface area is 109 Å². The van der Waals surface area contributed by atoms with Crippen molar-refractivity contribution in [1.82, 2.24) is 14.6 Å². The van der Waals surface area contributed by atoms with Gasteiger partial charge in [0.25, 0.3) is 0 Å². The Hall–Kier alpha value is 0.930. The summed E-state index contributed by atoms with van der Waals surface area (Å²) < 4.78 is 32.7. The summed E-state index contributed by atoms with van der Waals surface area (Å²) in [6, 6.07) is 0. The van der Waals surface area contributed by atoms with E-state index in [-0.39, 0.29) is 0 Å². The molecule has 0 unspecified atom stereocenters. The molecule has 1 aliphatic rings. The molecule has 1 rings (SSSR count). The van der Waals surface area contributed by atoms with Crippen LogP contribution in [0, 0.1) is 0 Å². The summed E-state index contributed by atoms with van der Waals surface area (Å²) in [5.41, 5.74) is 0.